The number of amides is 2. The number of benzene rings is 1. The van der Waals surface area contributed by atoms with Gasteiger partial charge in [-0.1, -0.05) is 0 Å². The van der Waals surface area contributed by atoms with E-state index in [-0.39, 0.29) is 35.9 Å². The van der Waals surface area contributed by atoms with Gasteiger partial charge in [0.2, 0.25) is 5.91 Å². The average molecular weight is 492 g/mol. The maximum atomic E-state index is 13.3. The van der Waals surface area contributed by atoms with Crippen LogP contribution < -0.4 is 5.32 Å². The maximum absolute atomic E-state index is 13.3. The van der Waals surface area contributed by atoms with Crippen LogP contribution >= 0.6 is 15.9 Å². The third kappa shape index (κ3) is 5.53. The van der Waals surface area contributed by atoms with Gasteiger partial charge in [0.15, 0.2) is 9.84 Å². The number of aliphatic hydroxyl groups excluding tert-OH is 1. The number of sulfone groups is 1. The molecule has 0 bridgehead atoms. The zero-order chi connectivity index (χ0) is 21.2. The minimum absolute atomic E-state index is 0.0518. The Kier molecular flexibility index (Phi) is 6.92. The smallest absolute Gasteiger partial charge is 0.252 e. The zero-order valence-corrected chi connectivity index (χ0v) is 18.1. The zero-order valence-electron chi connectivity index (χ0n) is 15.7. The second-order valence-electron chi connectivity index (χ2n) is 7.26. The fourth-order valence-corrected chi connectivity index (χ4v) is 5.93. The van der Waals surface area contributed by atoms with Crippen LogP contribution in [0.15, 0.2) is 22.7 Å². The summed E-state index contributed by atoms with van der Waals surface area (Å²) in [6.07, 6.45) is -0.779. The molecule has 0 radical (unpaired) electrons. The molecule has 2 aliphatic rings. The van der Waals surface area contributed by atoms with Crippen molar-refractivity contribution in [3.05, 3.63) is 34.1 Å². The number of piperazine rings is 1. The van der Waals surface area contributed by atoms with Crippen LogP contribution in [0.25, 0.3) is 0 Å². The molecule has 3 rings (SSSR count). The molecule has 1 aromatic rings. The van der Waals surface area contributed by atoms with Gasteiger partial charge in [0.25, 0.3) is 5.91 Å². The summed E-state index contributed by atoms with van der Waals surface area (Å²) in [5.41, 5.74) is 0.163. The second kappa shape index (κ2) is 9.07. The Morgan fingerprint density at radius 3 is 2.52 bits per heavy atom. The molecule has 0 saturated carbocycles. The third-order valence-electron chi connectivity index (χ3n) is 5.23. The number of hydrogen-bond donors (Lipinski definition) is 2. The number of nitrogens with zero attached hydrogens (tertiary/aromatic N) is 2. The van der Waals surface area contributed by atoms with E-state index < -0.39 is 33.7 Å². The SMILES string of the molecule is O=C(NCCC(=O)N1CCN([C@@H]2CS(=O)(=O)C[C@@H]2O)CC1)c1cc(F)ccc1Br. The highest BCUT2D eigenvalue weighted by molar-refractivity contribution is 9.10. The van der Waals surface area contributed by atoms with Crippen molar-refractivity contribution in [2.45, 2.75) is 18.6 Å². The number of carbonyl (C=O) groups is 2. The average Bonchev–Trinajstić information content (AvgIpc) is 2.96. The van der Waals surface area contributed by atoms with Crippen molar-refractivity contribution in [1.29, 1.82) is 0 Å². The van der Waals surface area contributed by atoms with Gasteiger partial charge in [-0.05, 0) is 34.1 Å². The fourth-order valence-electron chi connectivity index (χ4n) is 3.67. The first-order chi connectivity index (χ1) is 13.7. The molecule has 2 atom stereocenters. The molecule has 0 aliphatic carbocycles. The molecule has 2 heterocycles. The third-order valence-corrected chi connectivity index (χ3v) is 7.62. The first-order valence-corrected chi connectivity index (χ1v) is 11.9. The molecule has 0 unspecified atom stereocenters. The first kappa shape index (κ1) is 22.1. The van der Waals surface area contributed by atoms with E-state index in [4.69, 9.17) is 0 Å². The van der Waals surface area contributed by atoms with Gasteiger partial charge in [0.1, 0.15) is 5.82 Å². The number of halogens is 2. The summed E-state index contributed by atoms with van der Waals surface area (Å²) in [4.78, 5) is 28.1. The van der Waals surface area contributed by atoms with Crippen LogP contribution in [-0.4, -0.2) is 91.5 Å². The molecule has 160 valence electrons. The Labute approximate surface area is 177 Å². The van der Waals surface area contributed by atoms with E-state index in [0.717, 1.165) is 6.07 Å². The van der Waals surface area contributed by atoms with Crippen LogP contribution in [-0.2, 0) is 14.6 Å². The number of hydrogen-bond acceptors (Lipinski definition) is 6. The van der Waals surface area contributed by atoms with Crippen molar-refractivity contribution in [2.24, 2.45) is 0 Å². The van der Waals surface area contributed by atoms with Gasteiger partial charge in [-0.25, -0.2) is 12.8 Å². The van der Waals surface area contributed by atoms with E-state index in [0.29, 0.717) is 30.7 Å². The lowest BCUT2D eigenvalue weighted by Gasteiger charge is -2.38. The quantitative estimate of drug-likeness (QED) is 0.600. The van der Waals surface area contributed by atoms with Gasteiger partial charge in [0.05, 0.1) is 29.2 Å². The summed E-state index contributed by atoms with van der Waals surface area (Å²) in [5.74, 6) is -1.37. The standard InChI is InChI=1S/C18H23BrFN3O5S/c19-14-2-1-12(20)9-13(14)18(26)21-4-3-17(25)23-7-5-22(6-8-23)15-10-29(27,28)11-16(15)24/h1-2,9,15-16,24H,3-8,10-11H2,(H,21,26)/t15-,16+/m1/s1. The minimum atomic E-state index is -3.21. The van der Waals surface area contributed by atoms with Crippen molar-refractivity contribution in [2.75, 3.05) is 44.2 Å². The Bertz CT molecular complexity index is 889. The number of aliphatic hydroxyl groups is 1. The van der Waals surface area contributed by atoms with Crippen LogP contribution in [0.1, 0.15) is 16.8 Å². The summed E-state index contributed by atoms with van der Waals surface area (Å²) in [6.45, 7) is 1.98. The van der Waals surface area contributed by atoms with E-state index in [2.05, 4.69) is 21.2 Å². The van der Waals surface area contributed by atoms with Gasteiger partial charge < -0.3 is 15.3 Å². The van der Waals surface area contributed by atoms with Gasteiger partial charge in [-0.3, -0.25) is 14.5 Å². The normalized spacial score (nSPS) is 24.4. The minimum Gasteiger partial charge on any atom is -0.390 e. The van der Waals surface area contributed by atoms with Crippen LogP contribution in [0.4, 0.5) is 4.39 Å². The number of carbonyl (C=O) groups excluding carboxylic acids is 2. The summed E-state index contributed by atoms with van der Waals surface area (Å²) in [6, 6.07) is 3.39. The topological polar surface area (TPSA) is 107 Å². The van der Waals surface area contributed by atoms with E-state index in [1.165, 1.54) is 12.1 Å². The lowest BCUT2D eigenvalue weighted by atomic mass is 10.1. The van der Waals surface area contributed by atoms with Crippen LogP contribution in [0, 0.1) is 5.82 Å². The van der Waals surface area contributed by atoms with Crippen LogP contribution in [0.5, 0.6) is 0 Å². The highest BCUT2D eigenvalue weighted by Gasteiger charge is 2.41. The Morgan fingerprint density at radius 1 is 1.21 bits per heavy atom. The van der Waals surface area contributed by atoms with Gasteiger partial charge in [-0.15, -0.1) is 0 Å². The molecule has 29 heavy (non-hydrogen) atoms. The number of nitrogens with one attached hydrogen (secondary N) is 1. The summed E-state index contributed by atoms with van der Waals surface area (Å²) in [7, 11) is -3.21. The van der Waals surface area contributed by atoms with Crippen LogP contribution in [0.2, 0.25) is 0 Å². The lowest BCUT2D eigenvalue weighted by molar-refractivity contribution is -0.133. The van der Waals surface area contributed by atoms with Crippen molar-refractivity contribution in [1.82, 2.24) is 15.1 Å². The molecular formula is C18H23BrFN3O5S. The van der Waals surface area contributed by atoms with Crippen molar-refractivity contribution in [3.63, 3.8) is 0 Å². The highest BCUT2D eigenvalue weighted by Crippen LogP contribution is 2.20. The Hall–Kier alpha value is -1.56. The van der Waals surface area contributed by atoms with Gasteiger partial charge in [0, 0.05) is 43.6 Å². The Morgan fingerprint density at radius 2 is 1.90 bits per heavy atom. The summed E-state index contributed by atoms with van der Waals surface area (Å²) < 4.78 is 37.1. The predicted octanol–water partition coefficient (Wildman–Crippen LogP) is 0.0102. The van der Waals surface area contributed by atoms with E-state index >= 15 is 0 Å². The molecule has 2 amide bonds. The molecule has 2 aliphatic heterocycles. The highest BCUT2D eigenvalue weighted by atomic mass is 79.9. The second-order valence-corrected chi connectivity index (χ2v) is 10.3. The molecule has 11 heteroatoms. The summed E-state index contributed by atoms with van der Waals surface area (Å²) >= 11 is 3.20. The largest absolute Gasteiger partial charge is 0.390 e. The van der Waals surface area contributed by atoms with E-state index in [1.54, 1.807) is 4.90 Å². The van der Waals surface area contributed by atoms with E-state index in [9.17, 15) is 27.5 Å². The molecule has 0 aromatic heterocycles. The molecule has 2 saturated heterocycles. The van der Waals surface area contributed by atoms with Crippen LogP contribution in [0.3, 0.4) is 0 Å². The molecular weight excluding hydrogens is 469 g/mol. The molecule has 0 spiro atoms. The van der Waals surface area contributed by atoms with Crippen molar-refractivity contribution >= 4 is 37.6 Å². The van der Waals surface area contributed by atoms with Crippen molar-refractivity contribution in [3.8, 4) is 0 Å². The van der Waals surface area contributed by atoms with Crippen molar-refractivity contribution < 1.29 is 27.5 Å². The fraction of sp³-hybridized carbons (Fsp3) is 0.556. The maximum Gasteiger partial charge on any atom is 0.252 e. The van der Waals surface area contributed by atoms with E-state index in [1.807, 2.05) is 4.90 Å². The molecule has 2 N–H and O–H groups in total. The molecule has 8 nitrogen and oxygen atoms in total. The van der Waals surface area contributed by atoms with Gasteiger partial charge in [-0.2, -0.15) is 0 Å². The molecule has 2 fully saturated rings. The first-order valence-electron chi connectivity index (χ1n) is 9.30. The summed E-state index contributed by atoms with van der Waals surface area (Å²) in [5, 5.41) is 12.6. The molecule has 1 aromatic carbocycles. The lowest BCUT2D eigenvalue weighted by Crippen LogP contribution is -2.55. The Balaban J connectivity index is 1.43. The monoisotopic (exact) mass is 491 g/mol. The predicted molar refractivity (Wildman–Crippen MR) is 108 cm³/mol. The number of rotatable bonds is 5. The van der Waals surface area contributed by atoms with Gasteiger partial charge >= 0.3 is 0 Å².